The summed E-state index contributed by atoms with van der Waals surface area (Å²) < 4.78 is 37.9. The summed E-state index contributed by atoms with van der Waals surface area (Å²) in [5.41, 5.74) is -1.94. The molecule has 2 rings (SSSR count). The molecule has 0 saturated heterocycles. The highest BCUT2D eigenvalue weighted by molar-refractivity contribution is 7.99. The number of benzene rings is 1. The average molecular weight is 288 g/mol. The van der Waals surface area contributed by atoms with Crippen LogP contribution in [0.15, 0.2) is 40.6 Å². The van der Waals surface area contributed by atoms with Gasteiger partial charge < -0.3 is 10.1 Å². The third kappa shape index (κ3) is 3.08. The van der Waals surface area contributed by atoms with Gasteiger partial charge in [-0.05, 0) is 18.2 Å². The van der Waals surface area contributed by atoms with Crippen LogP contribution in [0.3, 0.4) is 0 Å². The summed E-state index contributed by atoms with van der Waals surface area (Å²) in [6, 6.07) is 2.95. The Labute approximate surface area is 109 Å². The first-order valence-electron chi connectivity index (χ1n) is 4.99. The van der Waals surface area contributed by atoms with Gasteiger partial charge in [0.1, 0.15) is 0 Å². The van der Waals surface area contributed by atoms with Gasteiger partial charge in [-0.1, -0.05) is 11.8 Å². The van der Waals surface area contributed by atoms with Gasteiger partial charge in [-0.2, -0.15) is 13.2 Å². The van der Waals surface area contributed by atoms with Crippen LogP contribution in [0.2, 0.25) is 0 Å². The van der Waals surface area contributed by atoms with Gasteiger partial charge in [0, 0.05) is 17.3 Å². The van der Waals surface area contributed by atoms with E-state index in [0.29, 0.717) is 10.1 Å². The number of rotatable bonds is 3. The Bertz CT molecular complexity index is 596. The molecule has 0 bridgehead atoms. The number of carboxylic acid groups (broad SMARTS) is 1. The molecular weight excluding hydrogens is 281 g/mol. The van der Waals surface area contributed by atoms with Gasteiger partial charge in [-0.3, -0.25) is 0 Å². The van der Waals surface area contributed by atoms with E-state index in [9.17, 15) is 18.0 Å². The summed E-state index contributed by atoms with van der Waals surface area (Å²) in [6.45, 7) is 0. The first kappa shape index (κ1) is 13.5. The Morgan fingerprint density at radius 2 is 2.11 bits per heavy atom. The maximum Gasteiger partial charge on any atom is 0.417 e. The van der Waals surface area contributed by atoms with Crippen molar-refractivity contribution in [1.29, 1.82) is 0 Å². The molecule has 0 fully saturated rings. The summed E-state index contributed by atoms with van der Waals surface area (Å²) in [5, 5.41) is 9.32. The molecule has 1 aromatic heterocycles. The maximum absolute atomic E-state index is 12.6. The first-order chi connectivity index (χ1) is 8.88. The molecule has 19 heavy (non-hydrogen) atoms. The van der Waals surface area contributed by atoms with E-state index in [-0.39, 0.29) is 0 Å². The zero-order chi connectivity index (χ0) is 14.0. The monoisotopic (exact) mass is 288 g/mol. The third-order valence-electron chi connectivity index (χ3n) is 2.21. The largest absolute Gasteiger partial charge is 0.478 e. The summed E-state index contributed by atoms with van der Waals surface area (Å²) >= 11 is 1.05. The lowest BCUT2D eigenvalue weighted by atomic mass is 10.1. The van der Waals surface area contributed by atoms with Gasteiger partial charge in [-0.15, -0.1) is 0 Å². The molecule has 0 saturated carbocycles. The number of aromatic nitrogens is 2. The molecule has 0 radical (unpaired) electrons. The van der Waals surface area contributed by atoms with E-state index in [1.54, 1.807) is 6.20 Å². The summed E-state index contributed by atoms with van der Waals surface area (Å²) in [5.74, 6) is -1.62. The van der Waals surface area contributed by atoms with E-state index in [2.05, 4.69) is 9.97 Å². The lowest BCUT2D eigenvalue weighted by Gasteiger charge is -2.11. The Morgan fingerprint density at radius 1 is 1.37 bits per heavy atom. The fraction of sp³-hybridized carbons (Fsp3) is 0.0909. The number of nitrogens with zero attached hydrogens (tertiary/aromatic N) is 1. The molecule has 2 N–H and O–H groups in total. The maximum atomic E-state index is 12.6. The molecule has 2 aromatic rings. The molecule has 100 valence electrons. The molecule has 0 spiro atoms. The molecule has 4 nitrogen and oxygen atoms in total. The second kappa shape index (κ2) is 4.96. The van der Waals surface area contributed by atoms with E-state index in [1.165, 1.54) is 12.3 Å². The lowest BCUT2D eigenvalue weighted by molar-refractivity contribution is -0.138. The predicted molar refractivity (Wildman–Crippen MR) is 61.1 cm³/mol. The van der Waals surface area contributed by atoms with E-state index in [1.807, 2.05) is 0 Å². The van der Waals surface area contributed by atoms with Crippen molar-refractivity contribution in [2.75, 3.05) is 0 Å². The average Bonchev–Trinajstić information content (AvgIpc) is 2.80. The fourth-order valence-electron chi connectivity index (χ4n) is 1.43. The number of hydrogen-bond acceptors (Lipinski definition) is 3. The van der Waals surface area contributed by atoms with E-state index in [4.69, 9.17) is 5.11 Å². The molecule has 1 heterocycles. The number of aromatic amines is 1. The number of hydrogen-bond donors (Lipinski definition) is 2. The molecule has 0 unspecified atom stereocenters. The Morgan fingerprint density at radius 3 is 2.63 bits per heavy atom. The van der Waals surface area contributed by atoms with Crippen LogP contribution in [0.5, 0.6) is 0 Å². The molecule has 0 aliphatic rings. The van der Waals surface area contributed by atoms with Gasteiger partial charge in [0.2, 0.25) is 0 Å². The minimum Gasteiger partial charge on any atom is -0.478 e. The number of carbonyl (C=O) groups is 1. The van der Waals surface area contributed by atoms with Crippen molar-refractivity contribution >= 4 is 17.7 Å². The Balaban J connectivity index is 2.39. The van der Waals surface area contributed by atoms with Crippen molar-refractivity contribution < 1.29 is 23.1 Å². The van der Waals surface area contributed by atoms with Crippen molar-refractivity contribution in [2.24, 2.45) is 0 Å². The van der Waals surface area contributed by atoms with E-state index >= 15 is 0 Å². The minimum absolute atomic E-state index is 0.361. The molecule has 0 amide bonds. The van der Waals surface area contributed by atoms with Crippen molar-refractivity contribution in [3.8, 4) is 0 Å². The van der Waals surface area contributed by atoms with Crippen molar-refractivity contribution in [3.05, 3.63) is 41.7 Å². The third-order valence-corrected chi connectivity index (χ3v) is 3.12. The van der Waals surface area contributed by atoms with Crippen LogP contribution >= 0.6 is 11.8 Å². The van der Waals surface area contributed by atoms with Crippen molar-refractivity contribution in [3.63, 3.8) is 0 Å². The van der Waals surface area contributed by atoms with Crippen molar-refractivity contribution in [1.82, 2.24) is 9.97 Å². The van der Waals surface area contributed by atoms with Gasteiger partial charge in [0.25, 0.3) is 0 Å². The number of H-pyrrole nitrogens is 1. The molecule has 1 aromatic carbocycles. The SMILES string of the molecule is O=C(O)c1cc(Sc2ncc[nH]2)ccc1C(F)(F)F. The number of imidazole rings is 1. The molecular formula is C11H7F3N2O2S. The molecule has 0 aliphatic heterocycles. The highest BCUT2D eigenvalue weighted by Crippen LogP contribution is 2.35. The highest BCUT2D eigenvalue weighted by atomic mass is 32.2. The van der Waals surface area contributed by atoms with Crippen LogP contribution in [0.25, 0.3) is 0 Å². The van der Waals surface area contributed by atoms with Crippen molar-refractivity contribution in [2.45, 2.75) is 16.2 Å². The topological polar surface area (TPSA) is 66.0 Å². The zero-order valence-corrected chi connectivity index (χ0v) is 10.0. The number of halogens is 3. The first-order valence-corrected chi connectivity index (χ1v) is 5.81. The number of aromatic carboxylic acids is 1. The minimum atomic E-state index is -4.69. The Kier molecular flexibility index (Phi) is 3.52. The molecule has 0 aliphatic carbocycles. The second-order valence-electron chi connectivity index (χ2n) is 3.51. The van der Waals surface area contributed by atoms with Gasteiger partial charge >= 0.3 is 12.1 Å². The number of carboxylic acids is 1. The zero-order valence-electron chi connectivity index (χ0n) is 9.23. The van der Waals surface area contributed by atoms with Crippen LogP contribution < -0.4 is 0 Å². The van der Waals surface area contributed by atoms with Crippen LogP contribution in [-0.4, -0.2) is 21.0 Å². The van der Waals surface area contributed by atoms with Crippen LogP contribution in [-0.2, 0) is 6.18 Å². The van der Waals surface area contributed by atoms with Crippen LogP contribution in [0.1, 0.15) is 15.9 Å². The quantitative estimate of drug-likeness (QED) is 0.909. The smallest absolute Gasteiger partial charge is 0.417 e. The summed E-state index contributed by atoms with van der Waals surface area (Å²) in [6.07, 6.45) is -1.64. The standard InChI is InChI=1S/C11H7F3N2O2S/c12-11(13,14)8-2-1-6(5-7(8)9(17)18)19-10-15-3-4-16-10/h1-5H,(H,15,16)(H,17,18). The van der Waals surface area contributed by atoms with Gasteiger partial charge in [0.15, 0.2) is 5.16 Å². The molecule has 8 heteroatoms. The number of alkyl halides is 3. The van der Waals surface area contributed by atoms with Gasteiger partial charge in [-0.25, -0.2) is 9.78 Å². The fourth-order valence-corrected chi connectivity index (χ4v) is 2.21. The number of nitrogens with one attached hydrogen (secondary N) is 1. The molecule has 0 atom stereocenters. The van der Waals surface area contributed by atoms with E-state index < -0.39 is 23.3 Å². The Hall–Kier alpha value is -1.96. The normalized spacial score (nSPS) is 11.5. The van der Waals surface area contributed by atoms with E-state index in [0.717, 1.165) is 23.9 Å². The summed E-state index contributed by atoms with van der Waals surface area (Å²) in [7, 11) is 0. The highest BCUT2D eigenvalue weighted by Gasteiger charge is 2.35. The lowest BCUT2D eigenvalue weighted by Crippen LogP contribution is -2.12. The van der Waals surface area contributed by atoms with Crippen LogP contribution in [0, 0.1) is 0 Å². The predicted octanol–water partition coefficient (Wildman–Crippen LogP) is 3.28. The second-order valence-corrected chi connectivity index (χ2v) is 4.57. The van der Waals surface area contributed by atoms with Crippen LogP contribution in [0.4, 0.5) is 13.2 Å². The summed E-state index contributed by atoms with van der Waals surface area (Å²) in [4.78, 5) is 17.9. The van der Waals surface area contributed by atoms with Gasteiger partial charge in [0.05, 0.1) is 11.1 Å².